The van der Waals surface area contributed by atoms with Crippen LogP contribution in [0.1, 0.15) is 25.8 Å². The van der Waals surface area contributed by atoms with Gasteiger partial charge in [-0.1, -0.05) is 13.0 Å². The summed E-state index contributed by atoms with van der Waals surface area (Å²) in [7, 11) is 0. The molecule has 0 N–H and O–H groups in total. The third-order valence-corrected chi connectivity index (χ3v) is 2.82. The molecule has 1 aromatic rings. The zero-order valence-corrected chi connectivity index (χ0v) is 11.5. The van der Waals surface area contributed by atoms with E-state index in [0.29, 0.717) is 17.1 Å². The van der Waals surface area contributed by atoms with Gasteiger partial charge in [-0.3, -0.25) is 4.79 Å². The molecule has 0 saturated carbocycles. The van der Waals surface area contributed by atoms with E-state index in [1.807, 2.05) is 0 Å². The van der Waals surface area contributed by atoms with Crippen molar-refractivity contribution < 1.29 is 23.8 Å². The van der Waals surface area contributed by atoms with Gasteiger partial charge in [0.05, 0.1) is 6.61 Å². The third-order valence-electron chi connectivity index (χ3n) is 2.82. The maximum atomic E-state index is 11.8. The average Bonchev–Trinajstić information content (AvgIpc) is 2.91. The summed E-state index contributed by atoms with van der Waals surface area (Å²) in [4.78, 5) is 23.7. The molecular weight excluding hydrogens is 260 g/mol. The lowest BCUT2D eigenvalue weighted by atomic mass is 10.1. The Balaban J connectivity index is 2.32. The quantitative estimate of drug-likeness (QED) is 0.357. The van der Waals surface area contributed by atoms with Crippen molar-refractivity contribution in [2.75, 3.05) is 13.4 Å². The fraction of sp³-hybridized carbons (Fsp3) is 0.333. The minimum absolute atomic E-state index is 0.0493. The Morgan fingerprint density at radius 2 is 2.00 bits per heavy atom. The van der Waals surface area contributed by atoms with E-state index < -0.39 is 5.97 Å². The lowest BCUT2D eigenvalue weighted by Crippen LogP contribution is -2.15. The van der Waals surface area contributed by atoms with E-state index >= 15 is 0 Å². The van der Waals surface area contributed by atoms with E-state index in [1.54, 1.807) is 32.0 Å². The Morgan fingerprint density at radius 1 is 1.25 bits per heavy atom. The number of hydrogen-bond donors (Lipinski definition) is 0. The average molecular weight is 276 g/mol. The molecule has 1 aliphatic heterocycles. The van der Waals surface area contributed by atoms with Crippen molar-refractivity contribution >= 4 is 17.8 Å². The molecule has 1 heterocycles. The van der Waals surface area contributed by atoms with Gasteiger partial charge in [0.2, 0.25) is 6.79 Å². The molecule has 2 rings (SSSR count). The third kappa shape index (κ3) is 2.99. The normalized spacial score (nSPS) is 13.2. The molecule has 20 heavy (non-hydrogen) atoms. The van der Waals surface area contributed by atoms with Crippen LogP contribution >= 0.6 is 0 Å². The maximum absolute atomic E-state index is 11.8. The second-order valence-corrected chi connectivity index (χ2v) is 4.17. The van der Waals surface area contributed by atoms with Crippen LogP contribution in [0, 0.1) is 0 Å². The fourth-order valence-electron chi connectivity index (χ4n) is 1.82. The minimum Gasteiger partial charge on any atom is -0.462 e. The van der Waals surface area contributed by atoms with Gasteiger partial charge in [0.15, 0.2) is 17.3 Å². The smallest absolute Gasteiger partial charge is 0.341 e. The number of benzene rings is 1. The van der Waals surface area contributed by atoms with Gasteiger partial charge >= 0.3 is 5.97 Å². The van der Waals surface area contributed by atoms with Crippen molar-refractivity contribution in [3.63, 3.8) is 0 Å². The van der Waals surface area contributed by atoms with Gasteiger partial charge in [0, 0.05) is 6.42 Å². The van der Waals surface area contributed by atoms with Crippen LogP contribution in [-0.2, 0) is 14.3 Å². The molecule has 0 aliphatic carbocycles. The highest BCUT2D eigenvalue weighted by atomic mass is 16.7. The molecule has 1 aromatic carbocycles. The first-order valence-corrected chi connectivity index (χ1v) is 6.47. The molecule has 5 nitrogen and oxygen atoms in total. The number of carbonyl (C=O) groups excluding carboxylic acids is 2. The molecule has 0 unspecified atom stereocenters. The predicted octanol–water partition coefficient (Wildman–Crippen LogP) is 2.34. The summed E-state index contributed by atoms with van der Waals surface area (Å²) in [6, 6.07) is 5.23. The van der Waals surface area contributed by atoms with Crippen LogP contribution in [0.4, 0.5) is 0 Å². The highest BCUT2D eigenvalue weighted by Crippen LogP contribution is 2.33. The van der Waals surface area contributed by atoms with Gasteiger partial charge in [-0.15, -0.1) is 0 Å². The van der Waals surface area contributed by atoms with Gasteiger partial charge in [-0.05, 0) is 30.7 Å². The van der Waals surface area contributed by atoms with E-state index in [2.05, 4.69) is 0 Å². The first-order chi connectivity index (χ1) is 9.65. The SMILES string of the molecule is CCOC(=O)/C(=C/c1ccc2c(c1)OCO2)C(=O)CC. The van der Waals surface area contributed by atoms with Crippen molar-refractivity contribution in [1.29, 1.82) is 0 Å². The van der Waals surface area contributed by atoms with Gasteiger partial charge in [0.1, 0.15) is 5.57 Å². The van der Waals surface area contributed by atoms with Crippen LogP contribution in [0.5, 0.6) is 11.5 Å². The highest BCUT2D eigenvalue weighted by molar-refractivity contribution is 6.20. The Bertz CT molecular complexity index is 559. The molecule has 1 aliphatic rings. The number of hydrogen-bond acceptors (Lipinski definition) is 5. The van der Waals surface area contributed by atoms with Crippen molar-refractivity contribution in [3.8, 4) is 11.5 Å². The molecule has 0 fully saturated rings. The highest BCUT2D eigenvalue weighted by Gasteiger charge is 2.19. The molecule has 0 atom stereocenters. The summed E-state index contributed by atoms with van der Waals surface area (Å²) in [5.74, 6) is 0.408. The summed E-state index contributed by atoms with van der Waals surface area (Å²) >= 11 is 0. The number of ketones is 1. The molecule has 0 saturated heterocycles. The number of ether oxygens (including phenoxy) is 3. The zero-order valence-electron chi connectivity index (χ0n) is 11.5. The van der Waals surface area contributed by atoms with Crippen LogP contribution in [0.15, 0.2) is 23.8 Å². The zero-order chi connectivity index (χ0) is 14.5. The molecule has 0 spiro atoms. The molecule has 0 aromatic heterocycles. The van der Waals surface area contributed by atoms with Crippen LogP contribution in [0.3, 0.4) is 0 Å². The summed E-state index contributed by atoms with van der Waals surface area (Å²) in [6.45, 7) is 3.82. The van der Waals surface area contributed by atoms with E-state index in [0.717, 1.165) is 0 Å². The van der Waals surface area contributed by atoms with Crippen molar-refractivity contribution in [1.82, 2.24) is 0 Å². The maximum Gasteiger partial charge on any atom is 0.341 e. The Hall–Kier alpha value is -2.30. The standard InChI is InChI=1S/C15H16O5/c1-3-12(16)11(15(17)18-4-2)7-10-5-6-13-14(8-10)20-9-19-13/h5-8H,3-4,9H2,1-2H3/b11-7+. The Kier molecular flexibility index (Phi) is 4.40. The van der Waals surface area contributed by atoms with E-state index in [4.69, 9.17) is 14.2 Å². The van der Waals surface area contributed by atoms with Crippen LogP contribution in [0.2, 0.25) is 0 Å². The van der Waals surface area contributed by atoms with E-state index in [9.17, 15) is 9.59 Å². The fourth-order valence-corrected chi connectivity index (χ4v) is 1.82. The largest absolute Gasteiger partial charge is 0.462 e. The van der Waals surface area contributed by atoms with Crippen molar-refractivity contribution in [3.05, 3.63) is 29.3 Å². The van der Waals surface area contributed by atoms with Crippen molar-refractivity contribution in [2.24, 2.45) is 0 Å². The van der Waals surface area contributed by atoms with Gasteiger partial charge in [-0.2, -0.15) is 0 Å². The van der Waals surface area contributed by atoms with Crippen LogP contribution < -0.4 is 9.47 Å². The van der Waals surface area contributed by atoms with E-state index in [1.165, 1.54) is 6.08 Å². The summed E-state index contributed by atoms with van der Waals surface area (Å²) in [5, 5.41) is 0. The van der Waals surface area contributed by atoms with Crippen LogP contribution in [0.25, 0.3) is 6.08 Å². The molecule has 5 heteroatoms. The summed E-state index contributed by atoms with van der Waals surface area (Å²) in [5.41, 5.74) is 0.743. The van der Waals surface area contributed by atoms with Gasteiger partial charge in [-0.25, -0.2) is 4.79 Å². The van der Waals surface area contributed by atoms with E-state index in [-0.39, 0.29) is 31.2 Å². The van der Waals surface area contributed by atoms with Gasteiger partial charge in [0.25, 0.3) is 0 Å². The van der Waals surface area contributed by atoms with Gasteiger partial charge < -0.3 is 14.2 Å². The number of fused-ring (bicyclic) bond motifs is 1. The number of carbonyl (C=O) groups is 2. The minimum atomic E-state index is -0.600. The Morgan fingerprint density at radius 3 is 2.70 bits per heavy atom. The summed E-state index contributed by atoms with van der Waals surface area (Å²) in [6.07, 6.45) is 1.76. The monoisotopic (exact) mass is 276 g/mol. The topological polar surface area (TPSA) is 61.8 Å². The number of Topliss-reactive ketones (excluding diaryl/α,β-unsaturated/α-hetero) is 1. The predicted molar refractivity (Wildman–Crippen MR) is 72.5 cm³/mol. The second kappa shape index (κ2) is 6.23. The lowest BCUT2D eigenvalue weighted by molar-refractivity contribution is -0.139. The molecule has 0 radical (unpaired) electrons. The lowest BCUT2D eigenvalue weighted by Gasteiger charge is -2.05. The van der Waals surface area contributed by atoms with Crippen LogP contribution in [-0.4, -0.2) is 25.2 Å². The van der Waals surface area contributed by atoms with Crippen molar-refractivity contribution in [2.45, 2.75) is 20.3 Å². The Labute approximate surface area is 117 Å². The first kappa shape index (κ1) is 14.1. The second-order valence-electron chi connectivity index (χ2n) is 4.17. The number of rotatable bonds is 5. The first-order valence-electron chi connectivity index (χ1n) is 6.47. The molecule has 0 amide bonds. The summed E-state index contributed by atoms with van der Waals surface area (Å²) < 4.78 is 15.4. The molecule has 0 bridgehead atoms. The molecular formula is C15H16O5. The number of esters is 1. The molecule has 106 valence electrons.